The predicted molar refractivity (Wildman–Crippen MR) is 124 cm³/mol. The van der Waals surface area contributed by atoms with Gasteiger partial charge in [0, 0.05) is 5.69 Å². The molecule has 0 unspecified atom stereocenters. The second-order valence-electron chi connectivity index (χ2n) is 6.45. The van der Waals surface area contributed by atoms with Gasteiger partial charge in [0.05, 0.1) is 6.26 Å². The first kappa shape index (κ1) is 23.4. The highest BCUT2D eigenvalue weighted by atomic mass is 32.2. The van der Waals surface area contributed by atoms with E-state index in [1.165, 1.54) is 16.7 Å². The molecular weight excluding hydrogens is 366 g/mol. The smallest absolute Gasteiger partial charge is 0.229 e. The lowest BCUT2D eigenvalue weighted by Gasteiger charge is -2.14. The van der Waals surface area contributed by atoms with Crippen LogP contribution in [0.5, 0.6) is 0 Å². The minimum absolute atomic E-state index is 0.567. The van der Waals surface area contributed by atoms with Crippen molar-refractivity contribution in [1.29, 1.82) is 0 Å². The van der Waals surface area contributed by atoms with Gasteiger partial charge in [0.25, 0.3) is 0 Å². The van der Waals surface area contributed by atoms with Crippen LogP contribution in [0.3, 0.4) is 0 Å². The van der Waals surface area contributed by atoms with Crippen LogP contribution in [0, 0.1) is 0 Å². The van der Waals surface area contributed by atoms with Crippen molar-refractivity contribution in [1.82, 2.24) is 0 Å². The highest BCUT2D eigenvalue weighted by molar-refractivity contribution is 7.92. The van der Waals surface area contributed by atoms with Crippen molar-refractivity contribution >= 4 is 27.4 Å². The van der Waals surface area contributed by atoms with Crippen molar-refractivity contribution in [2.24, 2.45) is 0 Å². The van der Waals surface area contributed by atoms with Gasteiger partial charge in [0.15, 0.2) is 0 Å². The van der Waals surface area contributed by atoms with Gasteiger partial charge < -0.3 is 0 Å². The van der Waals surface area contributed by atoms with E-state index in [1.807, 2.05) is 38.1 Å². The van der Waals surface area contributed by atoms with Gasteiger partial charge in [-0.3, -0.25) is 4.72 Å². The normalized spacial score (nSPS) is 12.0. The van der Waals surface area contributed by atoms with Crippen molar-refractivity contribution in [3.8, 4) is 0 Å². The number of sulfonamides is 1. The lowest BCUT2D eigenvalue weighted by Crippen LogP contribution is -2.09. The Kier molecular flexibility index (Phi) is 9.46. The molecule has 4 heteroatoms. The standard InChI is InChI=1S/C21H25NO2S.C3H6/c1-5-16(3)21(20-13-8-7-11-18(20)6-2)15-17-10-9-12-19(14-17)22-25(4,23)24;1-3-2/h5,7-15,22H,6H2,1-4H3;3H,1H2,2H3/b16-5+,21-15+;. The van der Waals surface area contributed by atoms with E-state index in [2.05, 4.69) is 55.5 Å². The summed E-state index contributed by atoms with van der Waals surface area (Å²) >= 11 is 0. The predicted octanol–water partition coefficient (Wildman–Crippen LogP) is 6.32. The third-order valence-corrected chi connectivity index (χ3v) is 4.65. The number of nitrogens with one attached hydrogen (secondary N) is 1. The molecule has 0 bridgehead atoms. The van der Waals surface area contributed by atoms with Crippen LogP contribution in [-0.2, 0) is 16.4 Å². The van der Waals surface area contributed by atoms with Crippen LogP contribution in [0.2, 0.25) is 0 Å². The average molecular weight is 398 g/mol. The minimum atomic E-state index is -3.29. The molecule has 150 valence electrons. The summed E-state index contributed by atoms with van der Waals surface area (Å²) in [6.45, 7) is 11.5. The highest BCUT2D eigenvalue weighted by Gasteiger charge is 2.09. The van der Waals surface area contributed by atoms with Crippen LogP contribution in [0.25, 0.3) is 11.6 Å². The second-order valence-corrected chi connectivity index (χ2v) is 8.20. The zero-order chi connectivity index (χ0) is 21.2. The molecule has 0 aliphatic heterocycles. The van der Waals surface area contributed by atoms with Gasteiger partial charge >= 0.3 is 0 Å². The van der Waals surface area contributed by atoms with E-state index in [-0.39, 0.29) is 0 Å². The van der Waals surface area contributed by atoms with Crippen LogP contribution in [-0.4, -0.2) is 14.7 Å². The summed E-state index contributed by atoms with van der Waals surface area (Å²) < 4.78 is 25.4. The van der Waals surface area contributed by atoms with Gasteiger partial charge in [-0.1, -0.05) is 55.5 Å². The Labute approximate surface area is 170 Å². The molecule has 0 saturated heterocycles. The molecule has 0 aromatic heterocycles. The van der Waals surface area contributed by atoms with Gasteiger partial charge in [-0.25, -0.2) is 8.42 Å². The second kappa shape index (κ2) is 11.3. The maximum atomic E-state index is 11.5. The van der Waals surface area contributed by atoms with Crippen LogP contribution in [0.4, 0.5) is 5.69 Å². The first-order chi connectivity index (χ1) is 13.3. The molecule has 0 aliphatic rings. The average Bonchev–Trinajstić information content (AvgIpc) is 2.65. The number of benzene rings is 2. The zero-order valence-corrected chi connectivity index (χ0v) is 18.3. The molecular formula is C24H31NO2S. The van der Waals surface area contributed by atoms with Crippen molar-refractivity contribution in [3.05, 3.63) is 89.5 Å². The molecule has 3 nitrogen and oxygen atoms in total. The fraction of sp³-hybridized carbons (Fsp3) is 0.250. The van der Waals surface area contributed by atoms with Crippen molar-refractivity contribution in [2.45, 2.75) is 34.1 Å². The highest BCUT2D eigenvalue weighted by Crippen LogP contribution is 2.29. The maximum Gasteiger partial charge on any atom is 0.229 e. The van der Waals surface area contributed by atoms with Crippen LogP contribution >= 0.6 is 0 Å². The Morgan fingerprint density at radius 2 is 1.75 bits per heavy atom. The Bertz CT molecular complexity index is 954. The number of rotatable bonds is 6. The van der Waals surface area contributed by atoms with Crippen LogP contribution in [0.15, 0.2) is 72.8 Å². The quantitative estimate of drug-likeness (QED) is 0.352. The van der Waals surface area contributed by atoms with Gasteiger partial charge in [0.2, 0.25) is 10.0 Å². The fourth-order valence-corrected chi connectivity index (χ4v) is 3.28. The summed E-state index contributed by atoms with van der Waals surface area (Å²) in [4.78, 5) is 0. The lowest BCUT2D eigenvalue weighted by molar-refractivity contribution is 0.607. The molecule has 0 aliphatic carbocycles. The van der Waals surface area contributed by atoms with E-state index in [1.54, 1.807) is 12.1 Å². The molecule has 0 saturated carbocycles. The molecule has 2 aromatic carbocycles. The molecule has 1 N–H and O–H groups in total. The topological polar surface area (TPSA) is 46.2 Å². The molecule has 0 radical (unpaired) electrons. The monoisotopic (exact) mass is 397 g/mol. The number of aryl methyl sites for hydroxylation is 1. The van der Waals surface area contributed by atoms with E-state index >= 15 is 0 Å². The largest absolute Gasteiger partial charge is 0.284 e. The number of allylic oxidation sites excluding steroid dienone is 4. The molecule has 0 heterocycles. The molecule has 0 spiro atoms. The number of hydrogen-bond donors (Lipinski definition) is 1. The van der Waals surface area contributed by atoms with E-state index in [0.29, 0.717) is 5.69 Å². The van der Waals surface area contributed by atoms with Gasteiger partial charge in [-0.05, 0) is 73.2 Å². The molecule has 0 amide bonds. The summed E-state index contributed by atoms with van der Waals surface area (Å²) in [6.07, 6.45) is 8.07. The van der Waals surface area contributed by atoms with Crippen molar-refractivity contribution < 1.29 is 8.42 Å². The van der Waals surface area contributed by atoms with E-state index < -0.39 is 10.0 Å². The molecule has 2 rings (SSSR count). The molecule has 2 aromatic rings. The van der Waals surface area contributed by atoms with Crippen molar-refractivity contribution in [3.63, 3.8) is 0 Å². The first-order valence-electron chi connectivity index (χ1n) is 9.33. The third-order valence-electron chi connectivity index (χ3n) is 4.05. The van der Waals surface area contributed by atoms with Gasteiger partial charge in [0.1, 0.15) is 0 Å². The summed E-state index contributed by atoms with van der Waals surface area (Å²) in [7, 11) is -3.29. The van der Waals surface area contributed by atoms with E-state index in [4.69, 9.17) is 0 Å². The zero-order valence-electron chi connectivity index (χ0n) is 17.5. The summed E-state index contributed by atoms with van der Waals surface area (Å²) in [6, 6.07) is 15.8. The Hall–Kier alpha value is -2.59. The van der Waals surface area contributed by atoms with E-state index in [0.717, 1.165) is 23.8 Å². The third kappa shape index (κ3) is 7.57. The Morgan fingerprint density at radius 1 is 1.11 bits per heavy atom. The van der Waals surface area contributed by atoms with Crippen molar-refractivity contribution in [2.75, 3.05) is 11.0 Å². The van der Waals surface area contributed by atoms with Crippen LogP contribution in [0.1, 0.15) is 44.4 Å². The molecule has 28 heavy (non-hydrogen) atoms. The molecule has 0 fully saturated rings. The minimum Gasteiger partial charge on any atom is -0.284 e. The maximum absolute atomic E-state index is 11.5. The lowest BCUT2D eigenvalue weighted by atomic mass is 9.91. The summed E-state index contributed by atoms with van der Waals surface area (Å²) in [5.74, 6) is 0. The van der Waals surface area contributed by atoms with Gasteiger partial charge in [-0.2, -0.15) is 0 Å². The molecule has 0 atom stereocenters. The van der Waals surface area contributed by atoms with Gasteiger partial charge in [-0.15, -0.1) is 6.58 Å². The summed E-state index contributed by atoms with van der Waals surface area (Å²) in [5, 5.41) is 0. The number of anilines is 1. The van der Waals surface area contributed by atoms with Crippen LogP contribution < -0.4 is 4.72 Å². The Balaban J connectivity index is 0.00000122. The Morgan fingerprint density at radius 3 is 2.32 bits per heavy atom. The fourth-order valence-electron chi connectivity index (χ4n) is 2.72. The summed E-state index contributed by atoms with van der Waals surface area (Å²) in [5.41, 5.74) is 6.36. The number of hydrogen-bond acceptors (Lipinski definition) is 2. The SMILES string of the molecule is C/C=C(C)/C(=C\c1cccc(NS(C)(=O)=O)c1)c1ccccc1CC.C=CC. The van der Waals surface area contributed by atoms with E-state index in [9.17, 15) is 8.42 Å². The first-order valence-corrected chi connectivity index (χ1v) is 11.2.